The Kier molecular flexibility index (Phi) is 49.0. The topological polar surface area (TPSA) is 179 Å². The number of carbonyl (C=O) groups excluding carboxylic acids is 3. The number of nitriles is 1. The Balaban J connectivity index is -0.000000128. The van der Waals surface area contributed by atoms with Crippen molar-refractivity contribution in [2.45, 2.75) is 154 Å². The molecule has 0 aliphatic heterocycles. The van der Waals surface area contributed by atoms with Gasteiger partial charge in [-0.3, -0.25) is 14.4 Å². The predicted octanol–water partition coefficient (Wildman–Crippen LogP) is 10.2. The van der Waals surface area contributed by atoms with Gasteiger partial charge in [0.25, 0.3) is 0 Å². The Morgan fingerprint density at radius 1 is 0.787 bits per heavy atom. The molecule has 0 radical (unpaired) electrons. The molecule has 0 amide bonds. The summed E-state index contributed by atoms with van der Waals surface area (Å²) in [5.74, 6) is -0.409. The first-order valence-electron chi connectivity index (χ1n) is 19.5. The quantitative estimate of drug-likeness (QED) is 0.0211. The van der Waals surface area contributed by atoms with E-state index in [2.05, 4.69) is 51.2 Å². The summed E-state index contributed by atoms with van der Waals surface area (Å²) in [4.78, 5) is 41.3. The van der Waals surface area contributed by atoms with Crippen molar-refractivity contribution in [3.63, 3.8) is 0 Å². The summed E-state index contributed by atoms with van der Waals surface area (Å²) in [6.07, 6.45) is 4.36. The summed E-state index contributed by atoms with van der Waals surface area (Å²) in [7, 11) is 0. The van der Waals surface area contributed by atoms with Crippen LogP contribution in [0.1, 0.15) is 138 Å². The molecule has 61 heavy (non-hydrogen) atoms. The molecule has 2 atom stereocenters. The van der Waals surface area contributed by atoms with Gasteiger partial charge >= 0.3 is 23.6 Å². The molecule has 0 aromatic rings. The van der Waals surface area contributed by atoms with Gasteiger partial charge in [-0.15, -0.1) is 5.11 Å². The molecule has 2 unspecified atom stereocenters. The maximum atomic E-state index is 11.7. The van der Waals surface area contributed by atoms with Crippen LogP contribution in [0.5, 0.6) is 0 Å². The van der Waals surface area contributed by atoms with Crippen molar-refractivity contribution >= 4 is 74.5 Å². The molecule has 0 rings (SSSR count). The minimum Gasteiger partial charge on any atom is -0.463 e. The van der Waals surface area contributed by atoms with E-state index >= 15 is 0 Å². The third-order valence-electron chi connectivity index (χ3n) is 7.87. The Morgan fingerprint density at radius 2 is 1.25 bits per heavy atom. The number of esters is 3. The number of thiocarbonyl (C=S) groups is 2. The monoisotopic (exact) mass is 941 g/mol. The molecule has 0 spiro atoms. The number of ether oxygens (including phenoxy) is 3. The normalized spacial score (nSPS) is 12.1. The van der Waals surface area contributed by atoms with Gasteiger partial charge in [-0.2, -0.15) is 10.4 Å². The van der Waals surface area contributed by atoms with Crippen LogP contribution in [0.25, 0.3) is 4.85 Å². The fourth-order valence-corrected chi connectivity index (χ4v) is 6.59. The van der Waals surface area contributed by atoms with Crippen molar-refractivity contribution < 1.29 is 38.8 Å². The number of hydrogen-bond donors (Lipinski definition) is 2. The van der Waals surface area contributed by atoms with E-state index < -0.39 is 21.4 Å². The number of unbranched alkanes of at least 4 members (excludes halogenated alkanes) is 1. The molecule has 18 heteroatoms. The predicted molar refractivity (Wildman–Crippen MR) is 266 cm³/mol. The number of nitrogens with zero attached hydrogens (tertiary/aromatic N) is 6. The second-order valence-electron chi connectivity index (χ2n) is 13.7. The van der Waals surface area contributed by atoms with Crippen molar-refractivity contribution in [3.8, 4) is 6.07 Å². The second kappa shape index (κ2) is 41.2. The third-order valence-corrected chi connectivity index (χ3v) is 11.5. The van der Waals surface area contributed by atoms with Gasteiger partial charge < -0.3 is 34.2 Å². The van der Waals surface area contributed by atoms with E-state index in [0.717, 1.165) is 43.3 Å². The van der Waals surface area contributed by atoms with Crippen LogP contribution in [0.15, 0.2) is 22.9 Å². The number of carbonyl (C=O) groups is 3. The second-order valence-corrected chi connectivity index (χ2v) is 17.6. The Hall–Kier alpha value is -2.87. The van der Waals surface area contributed by atoms with E-state index in [0.29, 0.717) is 29.5 Å². The molecule has 0 saturated heterocycles. The maximum absolute atomic E-state index is 11.7. The number of rotatable bonds is 21. The molecule has 14 nitrogen and oxygen atoms in total. The van der Waals surface area contributed by atoms with Gasteiger partial charge in [-0.1, -0.05) is 104 Å². The summed E-state index contributed by atoms with van der Waals surface area (Å²) in [5.41, 5.74) is -2.20. The van der Waals surface area contributed by atoms with Crippen LogP contribution in [0, 0.1) is 23.3 Å². The summed E-state index contributed by atoms with van der Waals surface area (Å²) < 4.78 is 15.3. The lowest BCUT2D eigenvalue weighted by molar-refractivity contribution is -0.153. The average molecular weight is 941 g/mol. The molecule has 0 aliphatic rings. The summed E-state index contributed by atoms with van der Waals surface area (Å²) in [5, 5.41) is 34.0. The highest BCUT2D eigenvalue weighted by atomic mass is 32.2. The largest absolute Gasteiger partial charge is 0.463 e. The summed E-state index contributed by atoms with van der Waals surface area (Å²) in [6.45, 7) is 38.5. The molecule has 2 N–H and O–H groups in total. The zero-order valence-electron chi connectivity index (χ0n) is 37.3. The van der Waals surface area contributed by atoms with Gasteiger partial charge in [0, 0.05) is 51.4 Å². The molecule has 0 fully saturated rings. The van der Waals surface area contributed by atoms with Gasteiger partial charge in [0.1, 0.15) is 26.6 Å². The maximum Gasteiger partial charge on any atom is 0.337 e. The third kappa shape index (κ3) is 35.3. The van der Waals surface area contributed by atoms with Gasteiger partial charge in [0.15, 0.2) is 5.54 Å². The van der Waals surface area contributed by atoms with Crippen molar-refractivity contribution in [1.82, 2.24) is 9.80 Å². The first kappa shape index (κ1) is 72.6. The zero-order chi connectivity index (χ0) is 46.0. The Morgan fingerprint density at radius 3 is 1.61 bits per heavy atom. The van der Waals surface area contributed by atoms with Gasteiger partial charge in [-0.05, 0) is 75.2 Å². The molecule has 358 valence electrons. The fourth-order valence-electron chi connectivity index (χ4n) is 3.26. The minimum absolute atomic E-state index is 0. The lowest BCUT2D eigenvalue weighted by atomic mass is 9.97. The van der Waals surface area contributed by atoms with E-state index in [4.69, 9.17) is 56.0 Å². The van der Waals surface area contributed by atoms with Crippen LogP contribution < -0.4 is 0 Å². The van der Waals surface area contributed by atoms with Crippen LogP contribution >= 0.6 is 48.0 Å². The number of aliphatic hydroxyl groups excluding tert-OH is 2. The Bertz CT molecular complexity index is 1300. The van der Waals surface area contributed by atoms with E-state index in [1.165, 1.54) is 29.6 Å². The van der Waals surface area contributed by atoms with Crippen LogP contribution in [-0.4, -0.2) is 127 Å². The van der Waals surface area contributed by atoms with E-state index in [-0.39, 0.29) is 66.6 Å². The first-order chi connectivity index (χ1) is 27.0. The summed E-state index contributed by atoms with van der Waals surface area (Å²) in [6, 6.07) is 2.09. The van der Waals surface area contributed by atoms with Gasteiger partial charge in [0.2, 0.25) is 0 Å². The molecule has 0 bridgehead atoms. The molecule has 0 aliphatic carbocycles. The molecular formula is C43H84N6O8S4. The number of azo groups is 1. The van der Waals surface area contributed by atoms with Gasteiger partial charge in [0.05, 0.1) is 31.3 Å². The van der Waals surface area contributed by atoms with Crippen molar-refractivity contribution in [2.24, 2.45) is 15.6 Å². The SMILES string of the molecule is C.C.C.C=CC(=O)OCCCC.CCN(CC)C(=S)SC(C)(C)C(=O)OCCO.CCN(CC)C(=S)SCC(C)(C)C(=O)OCCO.[C-]#[N+]C(C)(CC)N=NC(C)(C#N)CC. The lowest BCUT2D eigenvalue weighted by Crippen LogP contribution is -2.36. The highest BCUT2D eigenvalue weighted by Gasteiger charge is 2.33. The van der Waals surface area contributed by atoms with Crippen molar-refractivity contribution in [1.29, 1.82) is 5.26 Å². The standard InChI is InChI=1S/C12H23NO3S2.C11H21NO3S2.C10H16N4.C7H12O2.3CH4/c1-5-13(6-2)11(17)18-9-12(3,4)10(15)16-8-7-14;1-5-12(6-2)10(16)17-11(3,4)9(14)15-8-7-13;1-6-9(3,8-11)13-14-10(4,7-2)12-5;1-3-5-6-9-7(8)4-2;;;/h14H,5-9H2,1-4H3;13H,5-8H2,1-4H3;6-7H2,1-4H3;4H,2-3,5-6H2,1H3;3*1H4. The van der Waals surface area contributed by atoms with Crippen LogP contribution in [0.3, 0.4) is 0 Å². The lowest BCUT2D eigenvalue weighted by Gasteiger charge is -2.27. The van der Waals surface area contributed by atoms with Gasteiger partial charge in [-0.25, -0.2) is 11.4 Å². The number of aliphatic hydroxyl groups is 2. The van der Waals surface area contributed by atoms with E-state index in [1.54, 1.807) is 27.7 Å². The number of thioether (sulfide) groups is 2. The van der Waals surface area contributed by atoms with E-state index in [1.807, 2.05) is 53.4 Å². The highest BCUT2D eigenvalue weighted by molar-refractivity contribution is 8.24. The molecule has 0 heterocycles. The molecule has 0 aromatic carbocycles. The Labute approximate surface area is 391 Å². The minimum atomic E-state index is -0.812. The van der Waals surface area contributed by atoms with Crippen LogP contribution in [-0.2, 0) is 28.6 Å². The van der Waals surface area contributed by atoms with Crippen molar-refractivity contribution in [3.05, 3.63) is 24.1 Å². The average Bonchev–Trinajstić information content (AvgIpc) is 3.21. The molecule has 0 saturated carbocycles. The molecule has 0 aromatic heterocycles. The zero-order valence-corrected chi connectivity index (χ0v) is 40.6. The van der Waals surface area contributed by atoms with Crippen molar-refractivity contribution in [2.75, 3.05) is 65.0 Å². The summed E-state index contributed by atoms with van der Waals surface area (Å²) >= 11 is 13.4. The molecular weight excluding hydrogens is 857 g/mol. The van der Waals surface area contributed by atoms with Crippen LogP contribution in [0.4, 0.5) is 0 Å². The fraction of sp³-hybridized carbons (Fsp3) is 0.791. The first-order valence-corrected chi connectivity index (χ1v) is 22.1. The smallest absolute Gasteiger partial charge is 0.337 e. The highest BCUT2D eigenvalue weighted by Crippen LogP contribution is 2.29. The number of hydrogen-bond acceptors (Lipinski definition) is 15. The van der Waals surface area contributed by atoms with Crippen LogP contribution in [0.2, 0.25) is 0 Å². The van der Waals surface area contributed by atoms with E-state index in [9.17, 15) is 14.4 Å².